The summed E-state index contributed by atoms with van der Waals surface area (Å²) in [6.45, 7) is 26.9. The molecule has 0 spiro atoms. The molecule has 0 rings (SSSR count). The molecule has 0 atom stereocenters. The first-order valence-electron chi connectivity index (χ1n) is 4.00. The van der Waals surface area contributed by atoms with Crippen LogP contribution >= 0.6 is 0 Å². The molecule has 0 amide bonds. The molecular weight excluding hydrogens is 322 g/mol. The summed E-state index contributed by atoms with van der Waals surface area (Å²) in [5, 5.41) is 0. The van der Waals surface area contributed by atoms with Crippen LogP contribution in [0.15, 0.2) is 24.3 Å². The van der Waals surface area contributed by atoms with Crippen molar-refractivity contribution in [1.29, 1.82) is 0 Å². The second-order valence-electron chi connectivity index (χ2n) is 0.770. The Hall–Kier alpha value is 1.17. The standard InChI is InChI=1S/2C4H4.2C2H6.2Y/c2*1-3-4-2;2*1-2;;/h2*1-4H;2*1-2H3;;/q2*-2;;;;. The monoisotopic (exact) mass is 342 g/mol. The third-order valence-electron chi connectivity index (χ3n) is 0.222. The van der Waals surface area contributed by atoms with Crippen molar-refractivity contribution >= 4 is 0 Å². The number of allylic oxidation sites excluding steroid dienone is 4. The normalized spacial score (nSPS) is 3.71. The summed E-state index contributed by atoms with van der Waals surface area (Å²) in [5.41, 5.74) is 0. The van der Waals surface area contributed by atoms with Gasteiger partial charge in [0.15, 0.2) is 0 Å². The topological polar surface area (TPSA) is 0 Å². The van der Waals surface area contributed by atoms with Gasteiger partial charge in [-0.25, -0.2) is 0 Å². The molecule has 0 aromatic rings. The molecule has 0 saturated carbocycles. The van der Waals surface area contributed by atoms with Crippen molar-refractivity contribution in [2.75, 3.05) is 0 Å². The SMILES string of the molecule is CC.CC.[CH-]=CC=[CH-].[CH-]=CC=[CH-].[Y].[Y]. The Morgan fingerprint density at radius 2 is 0.571 bits per heavy atom. The van der Waals surface area contributed by atoms with Crippen LogP contribution in [0.2, 0.25) is 0 Å². The molecule has 0 aliphatic rings. The third kappa shape index (κ3) is 194. The average Bonchev–Trinajstić information content (AvgIpc) is 2.23. The fourth-order valence-corrected chi connectivity index (χ4v) is 0. The fraction of sp³-hybridized carbons (Fsp3) is 0.333. The van der Waals surface area contributed by atoms with Crippen molar-refractivity contribution in [3.63, 3.8) is 0 Å². The summed E-state index contributed by atoms with van der Waals surface area (Å²) in [7, 11) is 0. The smallest absolute Gasteiger partial charge is 0 e. The zero-order valence-corrected chi connectivity index (χ0v) is 15.5. The molecule has 0 fully saturated rings. The average molecular weight is 342 g/mol. The summed E-state index contributed by atoms with van der Waals surface area (Å²) in [5.74, 6) is 0. The van der Waals surface area contributed by atoms with Crippen LogP contribution in [0.1, 0.15) is 27.7 Å². The van der Waals surface area contributed by atoms with Gasteiger partial charge in [0.2, 0.25) is 0 Å². The van der Waals surface area contributed by atoms with Crippen molar-refractivity contribution < 1.29 is 65.4 Å². The fourth-order valence-electron chi connectivity index (χ4n) is 0. The van der Waals surface area contributed by atoms with E-state index in [1.807, 2.05) is 27.7 Å². The van der Waals surface area contributed by atoms with Crippen molar-refractivity contribution in [2.45, 2.75) is 27.7 Å². The third-order valence-corrected chi connectivity index (χ3v) is 0.222. The molecule has 2 heteroatoms. The molecule has 0 aliphatic carbocycles. The molecule has 0 bridgehead atoms. The van der Waals surface area contributed by atoms with Gasteiger partial charge in [0, 0.05) is 65.4 Å². The summed E-state index contributed by atoms with van der Waals surface area (Å²) in [6.07, 6.45) is 5.11. The van der Waals surface area contributed by atoms with Gasteiger partial charge in [-0.05, 0) is 0 Å². The minimum atomic E-state index is 0. The first-order chi connectivity index (χ1) is 5.83. The van der Waals surface area contributed by atoms with Crippen LogP contribution in [0.5, 0.6) is 0 Å². The van der Waals surface area contributed by atoms with Crippen LogP contribution in [-0.4, -0.2) is 0 Å². The Morgan fingerprint density at radius 3 is 0.571 bits per heavy atom. The van der Waals surface area contributed by atoms with Crippen molar-refractivity contribution in [3.05, 3.63) is 50.6 Å². The van der Waals surface area contributed by atoms with E-state index in [0.717, 1.165) is 0 Å². The molecule has 2 radical (unpaired) electrons. The van der Waals surface area contributed by atoms with Gasteiger partial charge in [-0.2, -0.15) is 0 Å². The van der Waals surface area contributed by atoms with Gasteiger partial charge in [0.25, 0.3) is 0 Å². The number of hydrogen-bond acceptors (Lipinski definition) is 0. The van der Waals surface area contributed by atoms with Crippen molar-refractivity contribution in [2.24, 2.45) is 0 Å². The molecule has 14 heavy (non-hydrogen) atoms. The maximum Gasteiger partial charge on any atom is 0 e. The Morgan fingerprint density at radius 1 is 0.500 bits per heavy atom. The summed E-state index contributed by atoms with van der Waals surface area (Å²) in [4.78, 5) is 0. The first kappa shape index (κ1) is 36.2. The summed E-state index contributed by atoms with van der Waals surface area (Å²) < 4.78 is 0. The molecule has 0 nitrogen and oxygen atoms in total. The molecular formula is C12H20Y2-4. The van der Waals surface area contributed by atoms with Crippen molar-refractivity contribution in [1.82, 2.24) is 0 Å². The van der Waals surface area contributed by atoms with Gasteiger partial charge < -0.3 is 50.6 Å². The largest absolute Gasteiger partial charge is 0.394 e. The van der Waals surface area contributed by atoms with E-state index in [1.165, 1.54) is 24.3 Å². The zero-order chi connectivity index (χ0) is 10.8. The van der Waals surface area contributed by atoms with E-state index < -0.39 is 0 Å². The van der Waals surface area contributed by atoms with Gasteiger partial charge >= 0.3 is 0 Å². The van der Waals surface area contributed by atoms with E-state index in [1.54, 1.807) is 0 Å². The molecule has 0 N–H and O–H groups in total. The van der Waals surface area contributed by atoms with Crippen LogP contribution in [0.3, 0.4) is 0 Å². The van der Waals surface area contributed by atoms with E-state index in [0.29, 0.717) is 0 Å². The van der Waals surface area contributed by atoms with Crippen LogP contribution in [0.25, 0.3) is 0 Å². The van der Waals surface area contributed by atoms with Gasteiger partial charge in [-0.1, -0.05) is 27.7 Å². The Kier molecular flexibility index (Phi) is 238. The second-order valence-corrected chi connectivity index (χ2v) is 0.770. The molecule has 0 unspecified atom stereocenters. The predicted octanol–water partition coefficient (Wildman–Crippen LogP) is 3.98. The summed E-state index contributed by atoms with van der Waals surface area (Å²) in [6, 6.07) is 0. The number of rotatable bonds is 2. The van der Waals surface area contributed by atoms with Crippen LogP contribution in [0, 0.1) is 26.3 Å². The van der Waals surface area contributed by atoms with Gasteiger partial charge in [-0.3, -0.25) is 0 Å². The van der Waals surface area contributed by atoms with E-state index >= 15 is 0 Å². The Balaban J connectivity index is -0.0000000153. The minimum Gasteiger partial charge on any atom is -0.394 e. The quantitative estimate of drug-likeness (QED) is 0.526. The second kappa shape index (κ2) is 92.0. The van der Waals surface area contributed by atoms with E-state index in [4.69, 9.17) is 26.3 Å². The van der Waals surface area contributed by atoms with E-state index in [2.05, 4.69) is 0 Å². The Labute approximate surface area is 142 Å². The van der Waals surface area contributed by atoms with Crippen molar-refractivity contribution in [3.8, 4) is 0 Å². The predicted molar refractivity (Wildman–Crippen MR) is 58.2 cm³/mol. The van der Waals surface area contributed by atoms with Crippen LogP contribution in [-0.2, 0) is 65.4 Å². The maximum atomic E-state index is 4.72. The molecule has 78 valence electrons. The van der Waals surface area contributed by atoms with E-state index in [-0.39, 0.29) is 65.4 Å². The van der Waals surface area contributed by atoms with E-state index in [9.17, 15) is 0 Å². The molecule has 0 aromatic carbocycles. The Bertz CT molecular complexity index is 62.3. The molecule has 0 heterocycles. The van der Waals surface area contributed by atoms with Gasteiger partial charge in [0.05, 0.1) is 0 Å². The van der Waals surface area contributed by atoms with Crippen LogP contribution < -0.4 is 0 Å². The molecule has 0 aliphatic heterocycles. The zero-order valence-electron chi connectivity index (χ0n) is 9.77. The van der Waals surface area contributed by atoms with Gasteiger partial charge in [-0.15, -0.1) is 0 Å². The molecule has 0 aromatic heterocycles. The summed E-state index contributed by atoms with van der Waals surface area (Å²) >= 11 is 0. The molecule has 0 saturated heterocycles. The number of hydrogen-bond donors (Lipinski definition) is 0. The minimum absolute atomic E-state index is 0. The van der Waals surface area contributed by atoms with Gasteiger partial charge in [0.1, 0.15) is 0 Å². The maximum absolute atomic E-state index is 4.72. The first-order valence-corrected chi connectivity index (χ1v) is 4.00. The van der Waals surface area contributed by atoms with Crippen LogP contribution in [0.4, 0.5) is 0 Å².